The second-order valence-corrected chi connectivity index (χ2v) is 6.12. The topological polar surface area (TPSA) is 84.5 Å². The molecular weight excluding hydrogens is 304 g/mol. The van der Waals surface area contributed by atoms with Crippen molar-refractivity contribution in [3.63, 3.8) is 0 Å². The molecule has 0 saturated heterocycles. The predicted octanol–water partition coefficient (Wildman–Crippen LogP) is 1.86. The number of hydrogen-bond acceptors (Lipinski definition) is 4. The molecule has 2 rings (SSSR count). The van der Waals surface area contributed by atoms with Crippen molar-refractivity contribution in [3.8, 4) is 5.75 Å². The normalized spacial score (nSPS) is 10.8. The van der Waals surface area contributed by atoms with Gasteiger partial charge in [0.05, 0.1) is 12.0 Å². The van der Waals surface area contributed by atoms with Crippen molar-refractivity contribution in [2.45, 2.75) is 4.90 Å². The van der Waals surface area contributed by atoms with Crippen molar-refractivity contribution in [1.29, 1.82) is 0 Å². The van der Waals surface area contributed by atoms with Crippen LogP contribution in [0.5, 0.6) is 5.75 Å². The van der Waals surface area contributed by atoms with Crippen LogP contribution >= 0.6 is 0 Å². The molecule has 2 N–H and O–H groups in total. The maximum atomic E-state index is 12.2. The first-order valence-corrected chi connectivity index (χ1v) is 7.93. The number of anilines is 1. The molecule has 0 spiro atoms. The van der Waals surface area contributed by atoms with Crippen molar-refractivity contribution in [2.24, 2.45) is 0 Å². The average Bonchev–Trinajstić information content (AvgIpc) is 2.54. The van der Waals surface area contributed by atoms with Crippen LogP contribution in [0.4, 0.5) is 5.69 Å². The number of methoxy groups -OCH3 is 1. The Balaban J connectivity index is 2.19. The molecule has 2 aromatic carbocycles. The van der Waals surface area contributed by atoms with Gasteiger partial charge in [-0.2, -0.15) is 0 Å². The summed E-state index contributed by atoms with van der Waals surface area (Å²) in [6.07, 6.45) is 0. The van der Waals surface area contributed by atoms with Crippen LogP contribution in [0, 0.1) is 0 Å². The largest absolute Gasteiger partial charge is 0.497 e. The maximum Gasteiger partial charge on any atom is 0.261 e. The van der Waals surface area contributed by atoms with E-state index in [-0.39, 0.29) is 10.8 Å². The highest BCUT2D eigenvalue weighted by molar-refractivity contribution is 7.92. The molecule has 0 aromatic heterocycles. The van der Waals surface area contributed by atoms with E-state index in [0.717, 1.165) is 0 Å². The number of sulfonamides is 1. The molecule has 116 valence electrons. The second kappa shape index (κ2) is 6.48. The standard InChI is InChI=1S/C15H16N2O4S/c1-16-15(18)11-3-5-12(6-4-11)17-22(19,20)14-9-7-13(21-2)8-10-14/h3-10,17H,1-2H3,(H,16,18). The van der Waals surface area contributed by atoms with Gasteiger partial charge in [-0.25, -0.2) is 8.42 Å². The highest BCUT2D eigenvalue weighted by atomic mass is 32.2. The lowest BCUT2D eigenvalue weighted by molar-refractivity contribution is 0.0963. The minimum atomic E-state index is -3.68. The summed E-state index contributed by atoms with van der Waals surface area (Å²) in [4.78, 5) is 11.6. The zero-order valence-electron chi connectivity index (χ0n) is 12.2. The van der Waals surface area contributed by atoms with Crippen molar-refractivity contribution in [3.05, 3.63) is 54.1 Å². The molecule has 0 heterocycles. The molecule has 6 nitrogen and oxygen atoms in total. The van der Waals surface area contributed by atoms with Gasteiger partial charge < -0.3 is 10.1 Å². The highest BCUT2D eigenvalue weighted by Gasteiger charge is 2.14. The van der Waals surface area contributed by atoms with Gasteiger partial charge in [0, 0.05) is 18.3 Å². The molecule has 0 radical (unpaired) electrons. The van der Waals surface area contributed by atoms with Gasteiger partial charge in [-0.1, -0.05) is 0 Å². The highest BCUT2D eigenvalue weighted by Crippen LogP contribution is 2.19. The maximum absolute atomic E-state index is 12.2. The van der Waals surface area contributed by atoms with E-state index in [0.29, 0.717) is 17.0 Å². The number of carbonyl (C=O) groups is 1. The first-order chi connectivity index (χ1) is 10.5. The molecule has 7 heteroatoms. The molecular formula is C15H16N2O4S. The van der Waals surface area contributed by atoms with Crippen LogP contribution in [0.2, 0.25) is 0 Å². The Hall–Kier alpha value is -2.54. The first-order valence-electron chi connectivity index (χ1n) is 6.45. The summed E-state index contributed by atoms with van der Waals surface area (Å²) in [7, 11) is -0.643. The van der Waals surface area contributed by atoms with Gasteiger partial charge in [-0.3, -0.25) is 9.52 Å². The minimum Gasteiger partial charge on any atom is -0.497 e. The summed E-state index contributed by atoms with van der Waals surface area (Å²) in [5.41, 5.74) is 0.832. The average molecular weight is 320 g/mol. The molecule has 0 atom stereocenters. The molecule has 0 aliphatic rings. The Kier molecular flexibility index (Phi) is 4.67. The van der Waals surface area contributed by atoms with Crippen molar-refractivity contribution >= 4 is 21.6 Å². The molecule has 0 unspecified atom stereocenters. The van der Waals surface area contributed by atoms with E-state index in [4.69, 9.17) is 4.74 Å². The van der Waals surface area contributed by atoms with Crippen LogP contribution in [0.15, 0.2) is 53.4 Å². The predicted molar refractivity (Wildman–Crippen MR) is 83.6 cm³/mol. The number of amides is 1. The molecule has 0 bridgehead atoms. The van der Waals surface area contributed by atoms with Crippen molar-refractivity contribution in [2.75, 3.05) is 18.9 Å². The number of rotatable bonds is 5. The summed E-state index contributed by atoms with van der Waals surface area (Å²) in [5.74, 6) is 0.346. The minimum absolute atomic E-state index is 0.128. The van der Waals surface area contributed by atoms with E-state index in [1.807, 2.05) is 0 Å². The lowest BCUT2D eigenvalue weighted by Crippen LogP contribution is -2.18. The lowest BCUT2D eigenvalue weighted by Gasteiger charge is -2.09. The Morgan fingerprint density at radius 1 is 1.00 bits per heavy atom. The van der Waals surface area contributed by atoms with Gasteiger partial charge in [0.1, 0.15) is 5.75 Å². The molecule has 1 amide bonds. The van der Waals surface area contributed by atoms with Crippen LogP contribution in [0.3, 0.4) is 0 Å². The Labute approximate surface area is 129 Å². The number of ether oxygens (including phenoxy) is 1. The zero-order chi connectivity index (χ0) is 16.2. The Morgan fingerprint density at radius 2 is 1.59 bits per heavy atom. The summed E-state index contributed by atoms with van der Waals surface area (Å²) < 4.78 is 31.9. The van der Waals surface area contributed by atoms with E-state index in [1.54, 1.807) is 24.3 Å². The molecule has 22 heavy (non-hydrogen) atoms. The summed E-state index contributed by atoms with van der Waals surface area (Å²) in [6.45, 7) is 0. The molecule has 0 fully saturated rings. The van der Waals surface area contributed by atoms with Crippen LogP contribution in [0.1, 0.15) is 10.4 Å². The third-order valence-electron chi connectivity index (χ3n) is 3.00. The summed E-state index contributed by atoms with van der Waals surface area (Å²) in [6, 6.07) is 12.2. The van der Waals surface area contributed by atoms with Crippen LogP contribution in [-0.2, 0) is 10.0 Å². The summed E-state index contributed by atoms with van der Waals surface area (Å²) >= 11 is 0. The van der Waals surface area contributed by atoms with E-state index in [9.17, 15) is 13.2 Å². The molecule has 0 aliphatic heterocycles. The SMILES string of the molecule is CNC(=O)c1ccc(NS(=O)(=O)c2ccc(OC)cc2)cc1. The molecule has 2 aromatic rings. The van der Waals surface area contributed by atoms with Crippen LogP contribution < -0.4 is 14.8 Å². The zero-order valence-corrected chi connectivity index (χ0v) is 13.0. The summed E-state index contributed by atoms with van der Waals surface area (Å²) in [5, 5.41) is 2.50. The van der Waals surface area contributed by atoms with Gasteiger partial charge in [0.15, 0.2) is 0 Å². The molecule has 0 aliphatic carbocycles. The second-order valence-electron chi connectivity index (χ2n) is 4.44. The number of nitrogens with one attached hydrogen (secondary N) is 2. The van der Waals surface area contributed by atoms with E-state index < -0.39 is 10.0 Å². The van der Waals surface area contributed by atoms with E-state index >= 15 is 0 Å². The number of hydrogen-bond donors (Lipinski definition) is 2. The van der Waals surface area contributed by atoms with Gasteiger partial charge in [-0.05, 0) is 48.5 Å². The van der Waals surface area contributed by atoms with Gasteiger partial charge in [0.2, 0.25) is 0 Å². The fourth-order valence-electron chi connectivity index (χ4n) is 1.80. The van der Waals surface area contributed by atoms with Gasteiger partial charge in [0.25, 0.3) is 15.9 Å². The van der Waals surface area contributed by atoms with Crippen molar-refractivity contribution < 1.29 is 17.9 Å². The Morgan fingerprint density at radius 3 is 2.09 bits per heavy atom. The third-order valence-corrected chi connectivity index (χ3v) is 4.39. The van der Waals surface area contributed by atoms with E-state index in [1.165, 1.54) is 38.4 Å². The fourth-order valence-corrected chi connectivity index (χ4v) is 2.86. The van der Waals surface area contributed by atoms with Crippen molar-refractivity contribution in [1.82, 2.24) is 5.32 Å². The van der Waals surface area contributed by atoms with Crippen LogP contribution in [0.25, 0.3) is 0 Å². The van der Waals surface area contributed by atoms with Gasteiger partial charge in [-0.15, -0.1) is 0 Å². The first kappa shape index (κ1) is 15.8. The molecule has 0 saturated carbocycles. The Bertz CT molecular complexity index is 753. The number of benzene rings is 2. The number of carbonyl (C=O) groups excluding carboxylic acids is 1. The van der Waals surface area contributed by atoms with Gasteiger partial charge >= 0.3 is 0 Å². The smallest absolute Gasteiger partial charge is 0.261 e. The fraction of sp³-hybridized carbons (Fsp3) is 0.133. The van der Waals surface area contributed by atoms with Crippen LogP contribution in [-0.4, -0.2) is 28.5 Å². The quantitative estimate of drug-likeness (QED) is 0.880. The monoisotopic (exact) mass is 320 g/mol. The third kappa shape index (κ3) is 3.56. The lowest BCUT2D eigenvalue weighted by atomic mass is 10.2. The van der Waals surface area contributed by atoms with E-state index in [2.05, 4.69) is 10.0 Å².